The van der Waals surface area contributed by atoms with Crippen molar-refractivity contribution >= 4 is 0 Å². The zero-order chi connectivity index (χ0) is 12.4. The third kappa shape index (κ3) is 2.30. The first-order valence-corrected chi connectivity index (χ1v) is 6.47. The van der Waals surface area contributed by atoms with Crippen LogP contribution in [0.2, 0.25) is 0 Å². The summed E-state index contributed by atoms with van der Waals surface area (Å²) >= 11 is 0. The van der Waals surface area contributed by atoms with Gasteiger partial charge in [0, 0.05) is 5.56 Å². The van der Waals surface area contributed by atoms with Gasteiger partial charge in [0.1, 0.15) is 0 Å². The van der Waals surface area contributed by atoms with E-state index in [1.165, 1.54) is 19.3 Å². The predicted molar refractivity (Wildman–Crippen MR) is 69.4 cm³/mol. The lowest BCUT2D eigenvalue weighted by Gasteiger charge is -2.27. The Morgan fingerprint density at radius 3 is 2.67 bits per heavy atom. The lowest BCUT2D eigenvalue weighted by molar-refractivity contribution is 0.174. The van der Waals surface area contributed by atoms with Gasteiger partial charge in [-0.2, -0.15) is 0 Å². The molecule has 1 fully saturated rings. The van der Waals surface area contributed by atoms with E-state index in [9.17, 15) is 0 Å². The van der Waals surface area contributed by atoms with Gasteiger partial charge in [-0.15, -0.1) is 0 Å². The molecule has 1 aliphatic carbocycles. The van der Waals surface area contributed by atoms with E-state index in [0.29, 0.717) is 6.79 Å². The third-order valence-electron chi connectivity index (χ3n) is 3.57. The normalized spacial score (nSPS) is 20.1. The molecule has 3 heteroatoms. The van der Waals surface area contributed by atoms with Crippen molar-refractivity contribution in [3.05, 3.63) is 23.8 Å². The van der Waals surface area contributed by atoms with Crippen molar-refractivity contribution < 1.29 is 9.47 Å². The summed E-state index contributed by atoms with van der Waals surface area (Å²) in [6.45, 7) is 0.299. The molecule has 18 heavy (non-hydrogen) atoms. The molecule has 1 aliphatic heterocycles. The van der Waals surface area contributed by atoms with Gasteiger partial charge in [0.15, 0.2) is 11.5 Å². The molecule has 3 nitrogen and oxygen atoms in total. The van der Waals surface area contributed by atoms with Crippen LogP contribution in [-0.2, 0) is 0 Å². The highest BCUT2D eigenvalue weighted by molar-refractivity contribution is 5.50. The van der Waals surface area contributed by atoms with Crippen molar-refractivity contribution in [2.45, 2.75) is 37.6 Å². The smallest absolute Gasteiger partial charge is 0.231 e. The highest BCUT2D eigenvalue weighted by Crippen LogP contribution is 2.32. The molecule has 1 heterocycles. The Hall–Kier alpha value is -1.66. The molecular formula is C15H17NO2. The minimum Gasteiger partial charge on any atom is -0.454 e. The second-order valence-corrected chi connectivity index (χ2v) is 5.03. The molecule has 2 aliphatic rings. The minimum absolute atomic E-state index is 0.297. The van der Waals surface area contributed by atoms with E-state index < -0.39 is 0 Å². The SMILES string of the molecule is NC1(C#Cc2ccc3c(c2)OCO3)CCCCC1. The molecule has 1 saturated carbocycles. The molecule has 0 spiro atoms. The largest absolute Gasteiger partial charge is 0.454 e. The first-order chi connectivity index (χ1) is 8.75. The Kier molecular flexibility index (Phi) is 2.89. The van der Waals surface area contributed by atoms with Crippen molar-refractivity contribution in [2.75, 3.05) is 6.79 Å². The number of fused-ring (bicyclic) bond motifs is 1. The quantitative estimate of drug-likeness (QED) is 0.712. The topological polar surface area (TPSA) is 44.5 Å². The lowest BCUT2D eigenvalue weighted by atomic mass is 9.83. The average molecular weight is 243 g/mol. The maximum atomic E-state index is 6.29. The van der Waals surface area contributed by atoms with E-state index in [2.05, 4.69) is 11.8 Å². The van der Waals surface area contributed by atoms with Crippen LogP contribution in [0, 0.1) is 11.8 Å². The summed E-state index contributed by atoms with van der Waals surface area (Å²) in [6, 6.07) is 5.77. The number of nitrogens with two attached hydrogens (primary N) is 1. The molecule has 0 bridgehead atoms. The second kappa shape index (κ2) is 4.55. The van der Waals surface area contributed by atoms with Crippen LogP contribution < -0.4 is 15.2 Å². The molecule has 0 amide bonds. The molecule has 0 radical (unpaired) electrons. The standard InChI is InChI=1S/C15H17NO2/c16-15(7-2-1-3-8-15)9-6-12-4-5-13-14(10-12)18-11-17-13/h4-5,10H,1-3,7-8,11,16H2. The molecular weight excluding hydrogens is 226 g/mol. The van der Waals surface area contributed by atoms with Crippen molar-refractivity contribution in [3.63, 3.8) is 0 Å². The van der Waals surface area contributed by atoms with E-state index in [1.54, 1.807) is 0 Å². The van der Waals surface area contributed by atoms with Crippen LogP contribution in [0.5, 0.6) is 11.5 Å². The van der Waals surface area contributed by atoms with Gasteiger partial charge in [-0.3, -0.25) is 0 Å². The highest BCUT2D eigenvalue weighted by atomic mass is 16.7. The summed E-state index contributed by atoms with van der Waals surface area (Å²) < 4.78 is 10.6. The number of rotatable bonds is 0. The Balaban J connectivity index is 1.80. The van der Waals surface area contributed by atoms with E-state index in [4.69, 9.17) is 15.2 Å². The summed E-state index contributed by atoms with van der Waals surface area (Å²) in [5, 5.41) is 0. The Morgan fingerprint density at radius 1 is 1.06 bits per heavy atom. The van der Waals surface area contributed by atoms with Crippen LogP contribution in [0.4, 0.5) is 0 Å². The zero-order valence-corrected chi connectivity index (χ0v) is 10.4. The molecule has 0 atom stereocenters. The Labute approximate surface area is 107 Å². The molecule has 0 saturated heterocycles. The van der Waals surface area contributed by atoms with E-state index in [-0.39, 0.29) is 5.54 Å². The maximum Gasteiger partial charge on any atom is 0.231 e. The van der Waals surface area contributed by atoms with E-state index in [0.717, 1.165) is 29.9 Å². The van der Waals surface area contributed by atoms with Crippen LogP contribution in [0.1, 0.15) is 37.7 Å². The number of hydrogen-bond acceptors (Lipinski definition) is 3. The van der Waals surface area contributed by atoms with Gasteiger partial charge in [-0.1, -0.05) is 31.1 Å². The molecule has 3 rings (SSSR count). The van der Waals surface area contributed by atoms with Crippen molar-refractivity contribution in [3.8, 4) is 23.3 Å². The summed E-state index contributed by atoms with van der Waals surface area (Å²) in [6.07, 6.45) is 5.67. The van der Waals surface area contributed by atoms with Gasteiger partial charge < -0.3 is 15.2 Å². The van der Waals surface area contributed by atoms with Crippen molar-refractivity contribution in [2.24, 2.45) is 5.73 Å². The van der Waals surface area contributed by atoms with Gasteiger partial charge in [-0.25, -0.2) is 0 Å². The highest BCUT2D eigenvalue weighted by Gasteiger charge is 2.24. The second-order valence-electron chi connectivity index (χ2n) is 5.03. The van der Waals surface area contributed by atoms with Gasteiger partial charge >= 0.3 is 0 Å². The monoisotopic (exact) mass is 243 g/mol. The fraction of sp³-hybridized carbons (Fsp3) is 0.467. The molecule has 2 N–H and O–H groups in total. The third-order valence-corrected chi connectivity index (χ3v) is 3.57. The first-order valence-electron chi connectivity index (χ1n) is 6.47. The molecule has 1 aromatic carbocycles. The number of hydrogen-bond donors (Lipinski definition) is 1. The van der Waals surface area contributed by atoms with Crippen LogP contribution >= 0.6 is 0 Å². The van der Waals surface area contributed by atoms with E-state index in [1.807, 2.05) is 18.2 Å². The molecule has 94 valence electrons. The van der Waals surface area contributed by atoms with Crippen molar-refractivity contribution in [1.29, 1.82) is 0 Å². The van der Waals surface area contributed by atoms with Crippen LogP contribution in [-0.4, -0.2) is 12.3 Å². The van der Waals surface area contributed by atoms with Gasteiger partial charge in [0.25, 0.3) is 0 Å². The summed E-state index contributed by atoms with van der Waals surface area (Å²) in [5.74, 6) is 7.98. The van der Waals surface area contributed by atoms with Crippen molar-refractivity contribution in [1.82, 2.24) is 0 Å². The number of benzene rings is 1. The van der Waals surface area contributed by atoms with Crippen LogP contribution in [0.3, 0.4) is 0 Å². The lowest BCUT2D eigenvalue weighted by Crippen LogP contribution is -2.40. The molecule has 0 aromatic heterocycles. The zero-order valence-electron chi connectivity index (χ0n) is 10.4. The predicted octanol–water partition coefficient (Wildman–Crippen LogP) is 2.43. The fourth-order valence-electron chi connectivity index (χ4n) is 2.48. The van der Waals surface area contributed by atoms with Crippen LogP contribution in [0.25, 0.3) is 0 Å². The van der Waals surface area contributed by atoms with Gasteiger partial charge in [-0.05, 0) is 31.0 Å². The summed E-state index contributed by atoms with van der Waals surface area (Å²) in [5.41, 5.74) is 6.93. The fourth-order valence-corrected chi connectivity index (χ4v) is 2.48. The number of ether oxygens (including phenoxy) is 2. The molecule has 0 unspecified atom stereocenters. The average Bonchev–Trinajstić information content (AvgIpc) is 2.85. The maximum absolute atomic E-state index is 6.29. The minimum atomic E-state index is -0.297. The Morgan fingerprint density at radius 2 is 1.83 bits per heavy atom. The van der Waals surface area contributed by atoms with Crippen LogP contribution in [0.15, 0.2) is 18.2 Å². The molecule has 1 aromatic rings. The summed E-state index contributed by atoms with van der Waals surface area (Å²) in [7, 11) is 0. The van der Waals surface area contributed by atoms with Gasteiger partial charge in [0.05, 0.1) is 5.54 Å². The van der Waals surface area contributed by atoms with E-state index >= 15 is 0 Å². The summed E-state index contributed by atoms with van der Waals surface area (Å²) in [4.78, 5) is 0. The van der Waals surface area contributed by atoms with Gasteiger partial charge in [0.2, 0.25) is 6.79 Å². The Bertz CT molecular complexity index is 507. The first kappa shape index (κ1) is 11.4.